The minimum Gasteiger partial charge on any atom is -0.326 e. The molecule has 0 amide bonds. The Morgan fingerprint density at radius 1 is 1.19 bits per heavy atom. The molecule has 1 atom stereocenters. The first-order valence-corrected chi connectivity index (χ1v) is 6.94. The van der Waals surface area contributed by atoms with Crippen molar-refractivity contribution in [3.63, 3.8) is 0 Å². The topological polar surface area (TPSA) is 29.3 Å². The van der Waals surface area contributed by atoms with Crippen molar-refractivity contribution < 1.29 is 0 Å². The van der Waals surface area contributed by atoms with E-state index < -0.39 is 0 Å². The molecule has 0 heterocycles. The minimum absolute atomic E-state index is 0.430. The summed E-state index contributed by atoms with van der Waals surface area (Å²) in [5.41, 5.74) is 6.78. The van der Waals surface area contributed by atoms with Gasteiger partial charge in [-0.2, -0.15) is 0 Å². The lowest BCUT2D eigenvalue weighted by Crippen LogP contribution is -2.44. The lowest BCUT2D eigenvalue weighted by molar-refractivity contribution is 0.121. The van der Waals surface area contributed by atoms with E-state index in [0.29, 0.717) is 11.5 Å². The number of nitrogens with two attached hydrogens (primary N) is 1. The zero-order chi connectivity index (χ0) is 11.8. The summed E-state index contributed by atoms with van der Waals surface area (Å²) in [5.74, 6) is 0.836. The van der Waals surface area contributed by atoms with Gasteiger partial charge in [0.25, 0.3) is 0 Å². The quantitative estimate of drug-likeness (QED) is 0.795. The molecule has 2 aliphatic rings. The maximum Gasteiger partial charge on any atom is 0.0196 e. The van der Waals surface area contributed by atoms with Crippen LogP contribution in [-0.2, 0) is 0 Å². The van der Waals surface area contributed by atoms with Crippen molar-refractivity contribution in [2.24, 2.45) is 17.1 Å². The number of nitrogens with zero attached hydrogens (tertiary/aromatic N) is 1. The van der Waals surface area contributed by atoms with E-state index in [-0.39, 0.29) is 0 Å². The van der Waals surface area contributed by atoms with E-state index in [1.165, 1.54) is 38.5 Å². The number of hydrogen-bond donors (Lipinski definition) is 1. The van der Waals surface area contributed by atoms with E-state index in [9.17, 15) is 0 Å². The SMILES string of the molecule is CN(CC(N)C1CC1)C1CCC(C)(C)CC1. The summed E-state index contributed by atoms with van der Waals surface area (Å²) in [7, 11) is 2.27. The second kappa shape index (κ2) is 4.66. The predicted octanol–water partition coefficient (Wildman–Crippen LogP) is 2.62. The summed E-state index contributed by atoms with van der Waals surface area (Å²) in [6, 6.07) is 1.22. The summed E-state index contributed by atoms with van der Waals surface area (Å²) in [4.78, 5) is 2.53. The predicted molar refractivity (Wildman–Crippen MR) is 69.4 cm³/mol. The largest absolute Gasteiger partial charge is 0.326 e. The van der Waals surface area contributed by atoms with E-state index in [4.69, 9.17) is 5.73 Å². The first kappa shape index (κ1) is 12.4. The third kappa shape index (κ3) is 3.21. The average molecular weight is 224 g/mol. The highest BCUT2D eigenvalue weighted by molar-refractivity contribution is 4.88. The fraction of sp³-hybridized carbons (Fsp3) is 1.00. The van der Waals surface area contributed by atoms with E-state index in [2.05, 4.69) is 25.8 Å². The molecule has 2 aliphatic carbocycles. The highest BCUT2D eigenvalue weighted by atomic mass is 15.1. The lowest BCUT2D eigenvalue weighted by Gasteiger charge is -2.39. The van der Waals surface area contributed by atoms with Crippen molar-refractivity contribution in [1.82, 2.24) is 4.90 Å². The van der Waals surface area contributed by atoms with Gasteiger partial charge in [0.05, 0.1) is 0 Å². The van der Waals surface area contributed by atoms with Crippen LogP contribution in [0.15, 0.2) is 0 Å². The Hall–Kier alpha value is -0.0800. The molecule has 2 saturated carbocycles. The molecule has 0 aliphatic heterocycles. The minimum atomic E-state index is 0.430. The van der Waals surface area contributed by atoms with Gasteiger partial charge in [-0.15, -0.1) is 0 Å². The molecule has 94 valence electrons. The lowest BCUT2D eigenvalue weighted by atomic mass is 9.75. The smallest absolute Gasteiger partial charge is 0.0196 e. The molecule has 0 aromatic carbocycles. The van der Waals surface area contributed by atoms with Crippen LogP contribution in [0, 0.1) is 11.3 Å². The Balaban J connectivity index is 1.75. The molecule has 2 nitrogen and oxygen atoms in total. The van der Waals surface area contributed by atoms with Crippen LogP contribution in [0.25, 0.3) is 0 Å². The van der Waals surface area contributed by atoms with E-state index in [0.717, 1.165) is 18.5 Å². The second-order valence-corrected chi connectivity index (χ2v) is 6.84. The Bertz CT molecular complexity index is 223. The molecule has 16 heavy (non-hydrogen) atoms. The molecule has 0 aromatic rings. The van der Waals surface area contributed by atoms with Crippen molar-refractivity contribution in [1.29, 1.82) is 0 Å². The van der Waals surface area contributed by atoms with Crippen molar-refractivity contribution in [3.8, 4) is 0 Å². The molecule has 2 N–H and O–H groups in total. The van der Waals surface area contributed by atoms with Gasteiger partial charge in [-0.05, 0) is 56.9 Å². The normalized spacial score (nSPS) is 28.3. The zero-order valence-electron chi connectivity index (χ0n) is 11.2. The van der Waals surface area contributed by atoms with Gasteiger partial charge in [-0.25, -0.2) is 0 Å². The van der Waals surface area contributed by atoms with Crippen LogP contribution in [0.2, 0.25) is 0 Å². The average Bonchev–Trinajstić information content (AvgIpc) is 3.00. The fourth-order valence-corrected chi connectivity index (χ4v) is 2.98. The van der Waals surface area contributed by atoms with Gasteiger partial charge in [0, 0.05) is 18.6 Å². The molecule has 2 rings (SSSR count). The van der Waals surface area contributed by atoms with Crippen LogP contribution in [0.5, 0.6) is 0 Å². The molecule has 0 radical (unpaired) electrons. The number of hydrogen-bond acceptors (Lipinski definition) is 2. The van der Waals surface area contributed by atoms with Crippen LogP contribution < -0.4 is 5.73 Å². The molecule has 1 unspecified atom stereocenters. The Morgan fingerprint density at radius 2 is 1.75 bits per heavy atom. The molecule has 0 aromatic heterocycles. The number of likely N-dealkylation sites (N-methyl/N-ethyl adjacent to an activating group) is 1. The molecular formula is C14H28N2. The maximum atomic E-state index is 6.20. The summed E-state index contributed by atoms with van der Waals surface area (Å²) in [5, 5.41) is 0. The third-order valence-electron chi connectivity index (χ3n) is 4.66. The van der Waals surface area contributed by atoms with Crippen molar-refractivity contribution >= 4 is 0 Å². The Morgan fingerprint density at radius 3 is 2.25 bits per heavy atom. The van der Waals surface area contributed by atoms with Gasteiger partial charge >= 0.3 is 0 Å². The van der Waals surface area contributed by atoms with Gasteiger partial charge in [0.1, 0.15) is 0 Å². The van der Waals surface area contributed by atoms with Gasteiger partial charge in [0.2, 0.25) is 0 Å². The van der Waals surface area contributed by atoms with E-state index >= 15 is 0 Å². The fourth-order valence-electron chi connectivity index (χ4n) is 2.98. The van der Waals surface area contributed by atoms with Gasteiger partial charge in [-0.3, -0.25) is 0 Å². The molecule has 2 heteroatoms. The van der Waals surface area contributed by atoms with Crippen LogP contribution >= 0.6 is 0 Å². The van der Waals surface area contributed by atoms with E-state index in [1.807, 2.05) is 0 Å². The zero-order valence-corrected chi connectivity index (χ0v) is 11.2. The molecule has 2 fully saturated rings. The van der Waals surface area contributed by atoms with E-state index in [1.54, 1.807) is 0 Å². The highest BCUT2D eigenvalue weighted by Crippen LogP contribution is 2.37. The first-order chi connectivity index (χ1) is 7.48. The third-order valence-corrected chi connectivity index (χ3v) is 4.66. The molecule has 0 saturated heterocycles. The second-order valence-electron chi connectivity index (χ2n) is 6.84. The van der Waals surface area contributed by atoms with Crippen LogP contribution in [0.1, 0.15) is 52.4 Å². The van der Waals surface area contributed by atoms with Crippen LogP contribution in [0.4, 0.5) is 0 Å². The number of rotatable bonds is 4. The van der Waals surface area contributed by atoms with Crippen molar-refractivity contribution in [2.45, 2.75) is 64.5 Å². The Labute approximate surface area is 101 Å². The summed E-state index contributed by atoms with van der Waals surface area (Å²) in [6.45, 7) is 5.91. The van der Waals surface area contributed by atoms with Crippen LogP contribution in [0.3, 0.4) is 0 Å². The monoisotopic (exact) mass is 224 g/mol. The summed E-state index contributed by atoms with van der Waals surface area (Å²) >= 11 is 0. The summed E-state index contributed by atoms with van der Waals surface area (Å²) < 4.78 is 0. The van der Waals surface area contributed by atoms with Crippen molar-refractivity contribution in [3.05, 3.63) is 0 Å². The molecular weight excluding hydrogens is 196 g/mol. The molecule has 0 spiro atoms. The first-order valence-electron chi connectivity index (χ1n) is 6.94. The maximum absolute atomic E-state index is 6.20. The van der Waals surface area contributed by atoms with Crippen molar-refractivity contribution in [2.75, 3.05) is 13.6 Å². The van der Waals surface area contributed by atoms with Gasteiger partial charge < -0.3 is 10.6 Å². The van der Waals surface area contributed by atoms with Gasteiger partial charge in [-0.1, -0.05) is 13.8 Å². The van der Waals surface area contributed by atoms with Gasteiger partial charge in [0.15, 0.2) is 0 Å². The highest BCUT2D eigenvalue weighted by Gasteiger charge is 2.32. The molecule has 0 bridgehead atoms. The standard InChI is InChI=1S/C14H28N2/c1-14(2)8-6-12(7-9-14)16(3)10-13(15)11-4-5-11/h11-13H,4-10,15H2,1-3H3. The van der Waals surface area contributed by atoms with Crippen LogP contribution in [-0.4, -0.2) is 30.6 Å². The Kier molecular flexibility index (Phi) is 3.60. The summed E-state index contributed by atoms with van der Waals surface area (Å²) in [6.07, 6.45) is 8.21.